The normalized spacial score (nSPS) is 23.7. The van der Waals surface area contributed by atoms with E-state index in [2.05, 4.69) is 50.1 Å². The smallest absolute Gasteiger partial charge is 0.251 e. The average Bonchev–Trinajstić information content (AvgIpc) is 3.47. The first-order valence-electron chi connectivity index (χ1n) is 11.0. The van der Waals surface area contributed by atoms with Crippen LogP contribution in [0.25, 0.3) is 0 Å². The van der Waals surface area contributed by atoms with E-state index in [0.717, 1.165) is 51.3 Å². The Kier molecular flexibility index (Phi) is 5.14. The summed E-state index contributed by atoms with van der Waals surface area (Å²) in [5.41, 5.74) is 0.941. The largest absolute Gasteiger partial charge is 0.354 e. The first kappa shape index (κ1) is 18.8. The third-order valence-electron chi connectivity index (χ3n) is 6.63. The quantitative estimate of drug-likeness (QED) is 0.817. The van der Waals surface area contributed by atoms with Crippen LogP contribution in [0.2, 0.25) is 0 Å². The highest BCUT2D eigenvalue weighted by molar-refractivity contribution is 5.81. The summed E-state index contributed by atoms with van der Waals surface area (Å²) in [7, 11) is 0. The number of nitrogens with one attached hydrogen (secondary N) is 1. The lowest BCUT2D eigenvalue weighted by atomic mass is 9.88. The standard InChI is InChI=1S/C23H30N4O2/c28-21(25-16-19-6-7-19)20-17-27-15-11-24-22(27)23(29-20)9-13-26(14-10-23)12-8-18-4-2-1-3-5-18/h1-5,11,15,19-20H,6-10,12-14,16-17H2,(H,25,28)/t20-/m0/s1. The number of benzene rings is 1. The summed E-state index contributed by atoms with van der Waals surface area (Å²) in [5, 5.41) is 3.10. The number of piperidine rings is 1. The number of nitrogens with zero attached hydrogens (tertiary/aromatic N) is 3. The second kappa shape index (κ2) is 7.92. The van der Waals surface area contributed by atoms with Crippen molar-refractivity contribution in [2.45, 2.75) is 50.4 Å². The maximum Gasteiger partial charge on any atom is 0.251 e. The van der Waals surface area contributed by atoms with E-state index < -0.39 is 11.7 Å². The van der Waals surface area contributed by atoms with E-state index in [1.165, 1.54) is 18.4 Å². The molecule has 1 saturated heterocycles. The molecule has 1 amide bonds. The lowest BCUT2D eigenvalue weighted by Gasteiger charge is -2.45. The Labute approximate surface area is 172 Å². The van der Waals surface area contributed by atoms with Gasteiger partial charge in [0.05, 0.1) is 6.54 Å². The van der Waals surface area contributed by atoms with Crippen LogP contribution < -0.4 is 5.32 Å². The number of ether oxygens (including phenoxy) is 1. The molecule has 154 valence electrons. The number of hydrogen-bond acceptors (Lipinski definition) is 4. The molecule has 3 heterocycles. The van der Waals surface area contributed by atoms with Gasteiger partial charge in [0.1, 0.15) is 11.4 Å². The van der Waals surface area contributed by atoms with Crippen LogP contribution >= 0.6 is 0 Å². The summed E-state index contributed by atoms with van der Waals surface area (Å²) in [6.07, 6.45) is 8.70. The van der Waals surface area contributed by atoms with Crippen LogP contribution in [0.1, 0.15) is 37.1 Å². The highest BCUT2D eigenvalue weighted by Crippen LogP contribution is 2.40. The average molecular weight is 395 g/mol. The van der Waals surface area contributed by atoms with Gasteiger partial charge in [-0.15, -0.1) is 0 Å². The fourth-order valence-corrected chi connectivity index (χ4v) is 4.63. The zero-order valence-corrected chi connectivity index (χ0v) is 16.9. The predicted molar refractivity (Wildman–Crippen MR) is 110 cm³/mol. The van der Waals surface area contributed by atoms with E-state index in [-0.39, 0.29) is 5.91 Å². The molecule has 1 atom stereocenters. The third kappa shape index (κ3) is 4.09. The maximum atomic E-state index is 12.7. The molecule has 29 heavy (non-hydrogen) atoms. The van der Waals surface area contributed by atoms with Gasteiger partial charge in [0.15, 0.2) is 6.10 Å². The number of amides is 1. The molecule has 6 nitrogen and oxygen atoms in total. The molecule has 2 aromatic rings. The Balaban J connectivity index is 1.22. The van der Waals surface area contributed by atoms with Crippen molar-refractivity contribution in [1.29, 1.82) is 0 Å². The van der Waals surface area contributed by atoms with E-state index in [9.17, 15) is 4.79 Å². The molecule has 0 radical (unpaired) electrons. The molecule has 3 aliphatic rings. The minimum Gasteiger partial charge on any atom is -0.354 e. The molecule has 2 fully saturated rings. The van der Waals surface area contributed by atoms with Crippen molar-refractivity contribution in [2.75, 3.05) is 26.2 Å². The van der Waals surface area contributed by atoms with Crippen LogP contribution in [0.5, 0.6) is 0 Å². The predicted octanol–water partition coefficient (Wildman–Crippen LogP) is 2.34. The first-order chi connectivity index (χ1) is 14.2. The van der Waals surface area contributed by atoms with Gasteiger partial charge in [-0.1, -0.05) is 30.3 Å². The van der Waals surface area contributed by atoms with Crippen molar-refractivity contribution in [3.63, 3.8) is 0 Å². The molecular formula is C23H30N4O2. The van der Waals surface area contributed by atoms with Gasteiger partial charge >= 0.3 is 0 Å². The molecule has 2 aliphatic heterocycles. The van der Waals surface area contributed by atoms with E-state index in [4.69, 9.17) is 4.74 Å². The zero-order valence-electron chi connectivity index (χ0n) is 16.9. The van der Waals surface area contributed by atoms with Gasteiger partial charge in [0.25, 0.3) is 5.91 Å². The lowest BCUT2D eigenvalue weighted by Crippen LogP contribution is -2.54. The second-order valence-electron chi connectivity index (χ2n) is 8.77. The fraction of sp³-hybridized carbons (Fsp3) is 0.565. The molecule has 1 aromatic carbocycles. The summed E-state index contributed by atoms with van der Waals surface area (Å²) in [5.74, 6) is 1.70. The van der Waals surface area contributed by atoms with E-state index >= 15 is 0 Å². The van der Waals surface area contributed by atoms with Crippen LogP contribution in [-0.2, 0) is 28.1 Å². The minimum atomic E-state index is -0.438. The summed E-state index contributed by atoms with van der Waals surface area (Å²) in [4.78, 5) is 19.9. The molecule has 0 bridgehead atoms. The number of fused-ring (bicyclic) bond motifs is 2. The number of imidazole rings is 1. The molecule has 0 unspecified atom stereocenters. The van der Waals surface area contributed by atoms with Crippen LogP contribution in [0.4, 0.5) is 0 Å². The van der Waals surface area contributed by atoms with Crippen LogP contribution in [0, 0.1) is 5.92 Å². The van der Waals surface area contributed by atoms with Gasteiger partial charge < -0.3 is 19.5 Å². The van der Waals surface area contributed by atoms with Crippen LogP contribution in [-0.4, -0.2) is 52.6 Å². The highest BCUT2D eigenvalue weighted by atomic mass is 16.5. The monoisotopic (exact) mass is 394 g/mol. The molecule has 1 saturated carbocycles. The number of carbonyl (C=O) groups is 1. The van der Waals surface area contributed by atoms with Crippen molar-refractivity contribution in [3.05, 3.63) is 54.1 Å². The summed E-state index contributed by atoms with van der Waals surface area (Å²) in [6.45, 7) is 4.34. The van der Waals surface area contributed by atoms with Gasteiger partial charge in [0, 0.05) is 38.6 Å². The zero-order chi connectivity index (χ0) is 19.7. The summed E-state index contributed by atoms with van der Waals surface area (Å²) < 4.78 is 8.63. The number of aromatic nitrogens is 2. The van der Waals surface area contributed by atoms with Crippen molar-refractivity contribution in [1.82, 2.24) is 19.8 Å². The van der Waals surface area contributed by atoms with Gasteiger partial charge in [0.2, 0.25) is 0 Å². The summed E-state index contributed by atoms with van der Waals surface area (Å²) in [6, 6.07) is 10.7. The van der Waals surface area contributed by atoms with Crippen molar-refractivity contribution in [3.8, 4) is 0 Å². The van der Waals surface area contributed by atoms with Gasteiger partial charge in [-0.3, -0.25) is 4.79 Å². The van der Waals surface area contributed by atoms with Crippen molar-refractivity contribution in [2.24, 2.45) is 5.92 Å². The molecule has 1 N–H and O–H groups in total. The second-order valence-corrected chi connectivity index (χ2v) is 8.77. The highest BCUT2D eigenvalue weighted by Gasteiger charge is 2.47. The lowest BCUT2D eigenvalue weighted by molar-refractivity contribution is -0.173. The molecule has 1 aromatic heterocycles. The Hall–Kier alpha value is -2.18. The number of carbonyl (C=O) groups excluding carboxylic acids is 1. The van der Waals surface area contributed by atoms with Crippen LogP contribution in [0.3, 0.4) is 0 Å². The van der Waals surface area contributed by atoms with Gasteiger partial charge in [-0.2, -0.15) is 0 Å². The molecule has 1 spiro atoms. The number of hydrogen-bond donors (Lipinski definition) is 1. The van der Waals surface area contributed by atoms with E-state index in [0.29, 0.717) is 12.5 Å². The topological polar surface area (TPSA) is 59.4 Å². The van der Waals surface area contributed by atoms with Crippen LogP contribution in [0.15, 0.2) is 42.7 Å². The number of rotatable bonds is 6. The summed E-state index contributed by atoms with van der Waals surface area (Å²) >= 11 is 0. The Morgan fingerprint density at radius 2 is 2.00 bits per heavy atom. The number of likely N-dealkylation sites (tertiary alicyclic amines) is 1. The Bertz CT molecular complexity index is 838. The van der Waals surface area contributed by atoms with Crippen molar-refractivity contribution < 1.29 is 9.53 Å². The third-order valence-corrected chi connectivity index (χ3v) is 6.63. The van der Waals surface area contributed by atoms with E-state index in [1.54, 1.807) is 0 Å². The SMILES string of the molecule is O=C(NCC1CC1)[C@@H]1Cn2ccnc2C2(CCN(CCc3ccccc3)CC2)O1. The Morgan fingerprint density at radius 3 is 2.76 bits per heavy atom. The molecule has 1 aliphatic carbocycles. The Morgan fingerprint density at radius 1 is 1.21 bits per heavy atom. The van der Waals surface area contributed by atoms with Crippen molar-refractivity contribution >= 4 is 5.91 Å². The minimum absolute atomic E-state index is 0.0298. The first-order valence-corrected chi connectivity index (χ1v) is 11.0. The van der Waals surface area contributed by atoms with Gasteiger partial charge in [-0.25, -0.2) is 4.98 Å². The fourth-order valence-electron chi connectivity index (χ4n) is 4.63. The molecular weight excluding hydrogens is 364 g/mol. The van der Waals surface area contributed by atoms with Gasteiger partial charge in [-0.05, 0) is 43.6 Å². The molecule has 5 rings (SSSR count). The van der Waals surface area contributed by atoms with E-state index in [1.807, 2.05) is 12.4 Å². The maximum absolute atomic E-state index is 12.7. The molecule has 6 heteroatoms.